The second-order valence-corrected chi connectivity index (χ2v) is 5.23. The zero-order valence-corrected chi connectivity index (χ0v) is 13.3. The zero-order valence-electron chi connectivity index (χ0n) is 13.3. The summed E-state index contributed by atoms with van der Waals surface area (Å²) in [5, 5.41) is 2.75. The number of halogens is 2. The minimum absolute atomic E-state index is 0.0510. The van der Waals surface area contributed by atoms with Gasteiger partial charge in [0.05, 0.1) is 0 Å². The molecule has 2 aromatic rings. The molecule has 0 aliphatic carbocycles. The molecule has 0 aliphatic heterocycles. The molecule has 2 aromatic carbocycles. The van der Waals surface area contributed by atoms with Crippen molar-refractivity contribution < 1.29 is 23.0 Å². The molecule has 1 amide bonds. The molecule has 0 aromatic heterocycles. The summed E-state index contributed by atoms with van der Waals surface area (Å²) in [5.41, 5.74) is 1.98. The van der Waals surface area contributed by atoms with Gasteiger partial charge < -0.3 is 14.8 Å². The van der Waals surface area contributed by atoms with E-state index >= 15 is 0 Å². The van der Waals surface area contributed by atoms with Crippen LogP contribution in [0.1, 0.15) is 11.1 Å². The van der Waals surface area contributed by atoms with Crippen LogP contribution in [0.3, 0.4) is 0 Å². The van der Waals surface area contributed by atoms with Gasteiger partial charge in [-0.1, -0.05) is 24.3 Å². The lowest BCUT2D eigenvalue weighted by Crippen LogP contribution is -2.30. The Hall–Kier alpha value is -2.63. The summed E-state index contributed by atoms with van der Waals surface area (Å²) in [7, 11) is 0. The Morgan fingerprint density at radius 1 is 1.12 bits per heavy atom. The number of hydrogen-bond donors (Lipinski definition) is 1. The van der Waals surface area contributed by atoms with Crippen molar-refractivity contribution in [2.24, 2.45) is 0 Å². The summed E-state index contributed by atoms with van der Waals surface area (Å²) in [5.74, 6) is 0.554. The topological polar surface area (TPSA) is 47.6 Å². The lowest BCUT2D eigenvalue weighted by atomic mass is 10.1. The van der Waals surface area contributed by atoms with Crippen LogP contribution in [0, 0.1) is 6.92 Å². The smallest absolute Gasteiger partial charge is 0.387 e. The van der Waals surface area contributed by atoms with Crippen LogP contribution in [-0.2, 0) is 11.2 Å². The van der Waals surface area contributed by atoms with Gasteiger partial charge in [-0.3, -0.25) is 4.79 Å². The minimum atomic E-state index is -2.83. The molecule has 1 N–H and O–H groups in total. The van der Waals surface area contributed by atoms with E-state index < -0.39 is 6.61 Å². The highest BCUT2D eigenvalue weighted by atomic mass is 19.3. The molecule has 0 bridgehead atoms. The molecular weight excluding hydrogens is 316 g/mol. The van der Waals surface area contributed by atoms with E-state index in [1.165, 1.54) is 12.1 Å². The summed E-state index contributed by atoms with van der Waals surface area (Å²) < 4.78 is 33.8. The third-order valence-electron chi connectivity index (χ3n) is 3.24. The second kappa shape index (κ2) is 8.86. The third kappa shape index (κ3) is 6.24. The van der Waals surface area contributed by atoms with Crippen LogP contribution in [-0.4, -0.2) is 25.7 Å². The van der Waals surface area contributed by atoms with E-state index in [2.05, 4.69) is 10.1 Å². The van der Waals surface area contributed by atoms with Crippen LogP contribution in [0.2, 0.25) is 0 Å². The molecule has 0 radical (unpaired) electrons. The first-order valence-corrected chi connectivity index (χ1v) is 7.53. The number of amides is 1. The van der Waals surface area contributed by atoms with Gasteiger partial charge in [0.1, 0.15) is 11.5 Å². The van der Waals surface area contributed by atoms with Gasteiger partial charge in [0.15, 0.2) is 6.61 Å². The number of carbonyl (C=O) groups excluding carboxylic acids is 1. The molecule has 0 saturated heterocycles. The van der Waals surface area contributed by atoms with Gasteiger partial charge in [-0.05, 0) is 48.7 Å². The summed E-state index contributed by atoms with van der Waals surface area (Å²) >= 11 is 0. The lowest BCUT2D eigenvalue weighted by molar-refractivity contribution is -0.123. The van der Waals surface area contributed by atoms with E-state index in [0.29, 0.717) is 18.7 Å². The maximum Gasteiger partial charge on any atom is 0.387 e. The Morgan fingerprint density at radius 2 is 1.88 bits per heavy atom. The Bertz CT molecular complexity index is 660. The van der Waals surface area contributed by atoms with E-state index in [9.17, 15) is 13.6 Å². The SMILES string of the molecule is Cc1cccc(OCC(=O)NCCc2ccc(OC(F)F)cc2)c1. The van der Waals surface area contributed by atoms with Gasteiger partial charge >= 0.3 is 6.61 Å². The fraction of sp³-hybridized carbons (Fsp3) is 0.278. The number of aryl methyl sites for hydroxylation is 1. The van der Waals surface area contributed by atoms with Crippen molar-refractivity contribution in [3.8, 4) is 11.5 Å². The van der Waals surface area contributed by atoms with Crippen LogP contribution in [0.15, 0.2) is 48.5 Å². The van der Waals surface area contributed by atoms with Crippen molar-refractivity contribution in [2.45, 2.75) is 20.0 Å². The van der Waals surface area contributed by atoms with Gasteiger partial charge in [0, 0.05) is 6.54 Å². The molecule has 0 heterocycles. The molecule has 2 rings (SSSR count). The number of benzene rings is 2. The summed E-state index contributed by atoms with van der Waals surface area (Å²) in [6.07, 6.45) is 0.588. The number of nitrogens with one attached hydrogen (secondary N) is 1. The van der Waals surface area contributed by atoms with Gasteiger partial charge in [0.2, 0.25) is 0 Å². The number of rotatable bonds is 8. The molecule has 128 valence electrons. The maximum atomic E-state index is 12.0. The highest BCUT2D eigenvalue weighted by Gasteiger charge is 2.05. The normalized spacial score (nSPS) is 10.5. The molecule has 24 heavy (non-hydrogen) atoms. The van der Waals surface area contributed by atoms with Crippen LogP contribution in [0.4, 0.5) is 8.78 Å². The summed E-state index contributed by atoms with van der Waals surface area (Å²) in [6, 6.07) is 13.8. The van der Waals surface area contributed by atoms with Crippen LogP contribution < -0.4 is 14.8 Å². The van der Waals surface area contributed by atoms with E-state index in [1.54, 1.807) is 18.2 Å². The molecule has 6 heteroatoms. The van der Waals surface area contributed by atoms with Gasteiger partial charge in [-0.15, -0.1) is 0 Å². The fourth-order valence-electron chi connectivity index (χ4n) is 2.09. The predicted octanol–water partition coefficient (Wildman–Crippen LogP) is 3.33. The highest BCUT2D eigenvalue weighted by molar-refractivity contribution is 5.77. The van der Waals surface area contributed by atoms with E-state index in [4.69, 9.17) is 4.74 Å². The highest BCUT2D eigenvalue weighted by Crippen LogP contribution is 2.15. The lowest BCUT2D eigenvalue weighted by Gasteiger charge is -2.09. The molecule has 0 spiro atoms. The Morgan fingerprint density at radius 3 is 2.54 bits per heavy atom. The number of alkyl halides is 2. The van der Waals surface area contributed by atoms with Crippen molar-refractivity contribution in [2.75, 3.05) is 13.2 Å². The number of ether oxygens (including phenoxy) is 2. The molecular formula is C18H19F2NO3. The maximum absolute atomic E-state index is 12.0. The largest absolute Gasteiger partial charge is 0.484 e. The van der Waals surface area contributed by atoms with Crippen molar-refractivity contribution in [1.82, 2.24) is 5.32 Å². The summed E-state index contributed by atoms with van der Waals surface area (Å²) in [6.45, 7) is -0.496. The van der Waals surface area contributed by atoms with Gasteiger partial charge in [0.25, 0.3) is 5.91 Å². The standard InChI is InChI=1S/C18H19F2NO3/c1-13-3-2-4-16(11-13)23-12-17(22)21-10-9-14-5-7-15(8-6-14)24-18(19)20/h2-8,11,18H,9-10,12H2,1H3,(H,21,22). The monoisotopic (exact) mass is 335 g/mol. The third-order valence-corrected chi connectivity index (χ3v) is 3.24. The minimum Gasteiger partial charge on any atom is -0.484 e. The van der Waals surface area contributed by atoms with Gasteiger partial charge in [-0.2, -0.15) is 8.78 Å². The van der Waals surface area contributed by atoms with Crippen LogP contribution in [0.25, 0.3) is 0 Å². The average Bonchev–Trinajstić information content (AvgIpc) is 2.54. The van der Waals surface area contributed by atoms with Crippen molar-refractivity contribution in [1.29, 1.82) is 0 Å². The average molecular weight is 335 g/mol. The van der Waals surface area contributed by atoms with E-state index in [-0.39, 0.29) is 18.3 Å². The first kappa shape index (κ1) is 17.7. The van der Waals surface area contributed by atoms with Gasteiger partial charge in [-0.25, -0.2) is 0 Å². The van der Waals surface area contributed by atoms with E-state index in [0.717, 1.165) is 11.1 Å². The molecule has 0 saturated carbocycles. The predicted molar refractivity (Wildman–Crippen MR) is 86.5 cm³/mol. The quantitative estimate of drug-likeness (QED) is 0.805. The number of carbonyl (C=O) groups is 1. The first-order valence-electron chi connectivity index (χ1n) is 7.53. The van der Waals surface area contributed by atoms with Crippen molar-refractivity contribution in [3.05, 3.63) is 59.7 Å². The van der Waals surface area contributed by atoms with Crippen LogP contribution in [0.5, 0.6) is 11.5 Å². The van der Waals surface area contributed by atoms with Crippen molar-refractivity contribution >= 4 is 5.91 Å². The van der Waals surface area contributed by atoms with Crippen LogP contribution >= 0.6 is 0 Å². The van der Waals surface area contributed by atoms with Crippen molar-refractivity contribution in [3.63, 3.8) is 0 Å². The molecule has 0 atom stereocenters. The second-order valence-electron chi connectivity index (χ2n) is 5.23. The number of hydrogen-bond acceptors (Lipinski definition) is 3. The molecule has 0 fully saturated rings. The van der Waals surface area contributed by atoms with E-state index in [1.807, 2.05) is 25.1 Å². The fourth-order valence-corrected chi connectivity index (χ4v) is 2.09. The molecule has 0 aliphatic rings. The Balaban J connectivity index is 1.68. The first-order chi connectivity index (χ1) is 11.5. The Labute approximate surface area is 139 Å². The Kier molecular flexibility index (Phi) is 6.54. The molecule has 0 unspecified atom stereocenters. The zero-order chi connectivity index (χ0) is 17.4. The summed E-state index contributed by atoms with van der Waals surface area (Å²) in [4.78, 5) is 11.7. The molecule has 4 nitrogen and oxygen atoms in total.